The number of aryl methyl sites for hydroxylation is 1. The molecule has 0 aliphatic rings. The van der Waals surface area contributed by atoms with Crippen molar-refractivity contribution >= 4 is 18.3 Å². The standard InChI is InChI=1S/C22H26N2O3/c1-4-26-22(25)21(23)12-18(14-24-3)20-13-19(11-10-16(20)2)27-15-17-8-6-5-7-9-17/h5-11,13-14,21H,3-4,12,15,23H2,1-2H3/b18-14-. The van der Waals surface area contributed by atoms with Crippen LogP contribution >= 0.6 is 0 Å². The molecule has 0 heterocycles. The van der Waals surface area contributed by atoms with Crippen LogP contribution in [0.1, 0.15) is 30.0 Å². The fourth-order valence-corrected chi connectivity index (χ4v) is 2.69. The third-order valence-corrected chi connectivity index (χ3v) is 4.08. The average Bonchev–Trinajstić information content (AvgIpc) is 2.68. The highest BCUT2D eigenvalue weighted by Gasteiger charge is 2.18. The van der Waals surface area contributed by atoms with E-state index in [1.165, 1.54) is 0 Å². The van der Waals surface area contributed by atoms with Crippen molar-refractivity contribution in [3.05, 3.63) is 71.4 Å². The summed E-state index contributed by atoms with van der Waals surface area (Å²) in [6, 6.07) is 15.0. The first-order valence-electron chi connectivity index (χ1n) is 8.90. The lowest BCUT2D eigenvalue weighted by atomic mass is 9.95. The number of esters is 1. The van der Waals surface area contributed by atoms with Crippen molar-refractivity contribution < 1.29 is 14.3 Å². The lowest BCUT2D eigenvalue weighted by molar-refractivity contribution is -0.144. The molecule has 2 aromatic rings. The molecule has 1 unspecified atom stereocenters. The van der Waals surface area contributed by atoms with Crippen LogP contribution in [0.5, 0.6) is 5.75 Å². The molecule has 0 saturated heterocycles. The Bertz CT molecular complexity index is 800. The Balaban J connectivity index is 2.19. The summed E-state index contributed by atoms with van der Waals surface area (Å²) in [6.45, 7) is 8.05. The number of hydrogen-bond donors (Lipinski definition) is 1. The van der Waals surface area contributed by atoms with Crippen LogP contribution in [0.4, 0.5) is 0 Å². The number of nitrogens with zero attached hydrogens (tertiary/aromatic N) is 1. The first-order valence-corrected chi connectivity index (χ1v) is 8.90. The Morgan fingerprint density at radius 3 is 2.67 bits per heavy atom. The van der Waals surface area contributed by atoms with Gasteiger partial charge in [-0.1, -0.05) is 36.4 Å². The molecule has 0 aliphatic carbocycles. The lowest BCUT2D eigenvalue weighted by Crippen LogP contribution is -2.32. The van der Waals surface area contributed by atoms with Crippen LogP contribution in [0.2, 0.25) is 0 Å². The molecule has 2 rings (SSSR count). The molecule has 2 aromatic carbocycles. The fourth-order valence-electron chi connectivity index (χ4n) is 2.69. The second-order valence-corrected chi connectivity index (χ2v) is 6.15. The molecule has 0 aromatic heterocycles. The van der Waals surface area contributed by atoms with Gasteiger partial charge in [-0.15, -0.1) is 0 Å². The molecule has 0 bridgehead atoms. The normalized spacial score (nSPS) is 12.3. The summed E-state index contributed by atoms with van der Waals surface area (Å²) >= 11 is 0. The van der Waals surface area contributed by atoms with Gasteiger partial charge >= 0.3 is 5.97 Å². The van der Waals surface area contributed by atoms with E-state index in [1.807, 2.05) is 55.5 Å². The van der Waals surface area contributed by atoms with Gasteiger partial charge in [-0.05, 0) is 55.0 Å². The van der Waals surface area contributed by atoms with E-state index in [0.717, 1.165) is 28.0 Å². The molecule has 0 aliphatic heterocycles. The van der Waals surface area contributed by atoms with E-state index in [9.17, 15) is 4.79 Å². The van der Waals surface area contributed by atoms with Gasteiger partial charge in [-0.2, -0.15) is 0 Å². The quantitative estimate of drug-likeness (QED) is 0.540. The van der Waals surface area contributed by atoms with Gasteiger partial charge in [0.25, 0.3) is 0 Å². The first kappa shape index (κ1) is 20.4. The molecule has 0 spiro atoms. The highest BCUT2D eigenvalue weighted by molar-refractivity contribution is 5.80. The third-order valence-electron chi connectivity index (χ3n) is 4.08. The smallest absolute Gasteiger partial charge is 0.323 e. The van der Waals surface area contributed by atoms with Crippen molar-refractivity contribution in [1.82, 2.24) is 0 Å². The van der Waals surface area contributed by atoms with Crippen LogP contribution in [0, 0.1) is 6.92 Å². The van der Waals surface area contributed by atoms with Gasteiger partial charge in [0.15, 0.2) is 0 Å². The number of nitrogens with two attached hydrogens (primary N) is 1. The number of carbonyl (C=O) groups is 1. The Labute approximate surface area is 160 Å². The van der Waals surface area contributed by atoms with Crippen molar-refractivity contribution in [2.75, 3.05) is 6.61 Å². The molecular weight excluding hydrogens is 340 g/mol. The van der Waals surface area contributed by atoms with Crippen LogP contribution in [-0.4, -0.2) is 25.3 Å². The van der Waals surface area contributed by atoms with Gasteiger partial charge in [0.2, 0.25) is 0 Å². The van der Waals surface area contributed by atoms with Gasteiger partial charge in [0, 0.05) is 12.6 Å². The minimum Gasteiger partial charge on any atom is -0.489 e. The molecule has 2 N–H and O–H groups in total. The van der Waals surface area contributed by atoms with E-state index >= 15 is 0 Å². The maximum Gasteiger partial charge on any atom is 0.323 e. The highest BCUT2D eigenvalue weighted by Crippen LogP contribution is 2.28. The zero-order valence-corrected chi connectivity index (χ0v) is 15.9. The molecule has 0 saturated carbocycles. The summed E-state index contributed by atoms with van der Waals surface area (Å²) < 4.78 is 10.9. The summed E-state index contributed by atoms with van der Waals surface area (Å²) in [6.07, 6.45) is 1.93. The molecule has 5 heteroatoms. The minimum atomic E-state index is -0.758. The molecule has 0 fully saturated rings. The van der Waals surface area contributed by atoms with Crippen molar-refractivity contribution in [2.45, 2.75) is 32.9 Å². The predicted octanol–water partition coefficient (Wildman–Crippen LogP) is 3.90. The SMILES string of the molecule is C=N/C=C(/CC(N)C(=O)OCC)c1cc(OCc2ccccc2)ccc1C. The minimum absolute atomic E-state index is 0.299. The summed E-state index contributed by atoms with van der Waals surface area (Å²) in [5, 5.41) is 0. The van der Waals surface area contributed by atoms with E-state index in [1.54, 1.807) is 13.1 Å². The summed E-state index contributed by atoms with van der Waals surface area (Å²) in [5.74, 6) is 0.306. The summed E-state index contributed by atoms with van der Waals surface area (Å²) in [4.78, 5) is 15.8. The molecule has 0 amide bonds. The summed E-state index contributed by atoms with van der Waals surface area (Å²) in [7, 11) is 0. The molecule has 1 atom stereocenters. The number of hydrogen-bond acceptors (Lipinski definition) is 5. The maximum absolute atomic E-state index is 11.9. The highest BCUT2D eigenvalue weighted by atomic mass is 16.5. The van der Waals surface area contributed by atoms with Crippen molar-refractivity contribution in [1.29, 1.82) is 0 Å². The van der Waals surface area contributed by atoms with Crippen molar-refractivity contribution in [3.8, 4) is 5.75 Å². The van der Waals surface area contributed by atoms with Gasteiger partial charge < -0.3 is 15.2 Å². The summed E-state index contributed by atoms with van der Waals surface area (Å²) in [5.41, 5.74) is 9.85. The maximum atomic E-state index is 11.9. The molecule has 142 valence electrons. The van der Waals surface area contributed by atoms with E-state index < -0.39 is 12.0 Å². The fraction of sp³-hybridized carbons (Fsp3) is 0.273. The van der Waals surface area contributed by atoms with Crippen LogP contribution in [0.25, 0.3) is 5.57 Å². The Kier molecular flexibility index (Phi) is 7.77. The Morgan fingerprint density at radius 2 is 2.00 bits per heavy atom. The van der Waals surface area contributed by atoms with Crippen molar-refractivity contribution in [3.63, 3.8) is 0 Å². The molecule has 27 heavy (non-hydrogen) atoms. The zero-order valence-electron chi connectivity index (χ0n) is 15.9. The van der Waals surface area contributed by atoms with Gasteiger partial charge in [0.05, 0.1) is 6.61 Å². The van der Waals surface area contributed by atoms with E-state index in [4.69, 9.17) is 15.2 Å². The topological polar surface area (TPSA) is 73.9 Å². The number of carbonyl (C=O) groups excluding carboxylic acids is 1. The van der Waals surface area contributed by atoms with E-state index in [2.05, 4.69) is 11.7 Å². The number of rotatable bonds is 9. The number of ether oxygens (including phenoxy) is 2. The molecule has 5 nitrogen and oxygen atoms in total. The van der Waals surface area contributed by atoms with Crippen LogP contribution in [0.15, 0.2) is 59.7 Å². The zero-order chi connectivity index (χ0) is 19.6. The second-order valence-electron chi connectivity index (χ2n) is 6.15. The third kappa shape index (κ3) is 6.08. The Hall–Kier alpha value is -2.92. The molecular formula is C22H26N2O3. The Morgan fingerprint density at radius 1 is 1.26 bits per heavy atom. The van der Waals surface area contributed by atoms with Crippen molar-refractivity contribution in [2.24, 2.45) is 10.7 Å². The second kappa shape index (κ2) is 10.3. The lowest BCUT2D eigenvalue weighted by Gasteiger charge is -2.16. The predicted molar refractivity (Wildman–Crippen MR) is 109 cm³/mol. The average molecular weight is 366 g/mol. The van der Waals surface area contributed by atoms with Gasteiger partial charge in [0.1, 0.15) is 18.4 Å². The first-order chi connectivity index (χ1) is 13.0. The largest absolute Gasteiger partial charge is 0.489 e. The molecule has 0 radical (unpaired) electrons. The number of benzene rings is 2. The van der Waals surface area contributed by atoms with Crippen LogP contribution in [0.3, 0.4) is 0 Å². The van der Waals surface area contributed by atoms with Gasteiger partial charge in [-0.25, -0.2) is 0 Å². The van der Waals surface area contributed by atoms with Gasteiger partial charge in [-0.3, -0.25) is 9.79 Å². The van der Waals surface area contributed by atoms with Crippen LogP contribution in [-0.2, 0) is 16.1 Å². The van der Waals surface area contributed by atoms with Crippen LogP contribution < -0.4 is 10.5 Å². The monoisotopic (exact) mass is 366 g/mol. The van der Waals surface area contributed by atoms with E-state index in [0.29, 0.717) is 19.6 Å². The number of aliphatic imine (C=N–C) groups is 1. The van der Waals surface area contributed by atoms with E-state index in [-0.39, 0.29) is 0 Å².